The Balaban J connectivity index is 1.49. The summed E-state index contributed by atoms with van der Waals surface area (Å²) in [4.78, 5) is 18.9. The fourth-order valence-electron chi connectivity index (χ4n) is 4.55. The van der Waals surface area contributed by atoms with Gasteiger partial charge in [0.25, 0.3) is 10.0 Å². The molecule has 5 rings (SSSR count). The quantitative estimate of drug-likeness (QED) is 0.327. The second kappa shape index (κ2) is 9.29. The highest BCUT2D eigenvalue weighted by Crippen LogP contribution is 2.38. The van der Waals surface area contributed by atoms with Crippen LogP contribution in [0.25, 0.3) is 21.0 Å². The van der Waals surface area contributed by atoms with Gasteiger partial charge >= 0.3 is 5.97 Å². The number of nitrogens with zero attached hydrogens (tertiary/aromatic N) is 2. The number of benzene rings is 2. The lowest BCUT2D eigenvalue weighted by molar-refractivity contribution is -0.147. The van der Waals surface area contributed by atoms with Crippen molar-refractivity contribution in [2.75, 3.05) is 29.3 Å². The second-order valence-electron chi connectivity index (χ2n) is 8.48. The van der Waals surface area contributed by atoms with E-state index in [-0.39, 0.29) is 16.1 Å². The van der Waals surface area contributed by atoms with Crippen molar-refractivity contribution in [3.8, 4) is 0 Å². The van der Waals surface area contributed by atoms with Crippen molar-refractivity contribution in [3.05, 3.63) is 59.2 Å². The third-order valence-corrected chi connectivity index (χ3v) is 9.73. The molecule has 1 aliphatic rings. The Morgan fingerprint density at radius 1 is 1.26 bits per heavy atom. The molecule has 0 spiro atoms. The first-order valence-corrected chi connectivity index (χ1v) is 14.0. The van der Waals surface area contributed by atoms with Crippen LogP contribution in [0.3, 0.4) is 0 Å². The monoisotopic (exact) mass is 529 g/mol. The van der Waals surface area contributed by atoms with Crippen molar-refractivity contribution < 1.29 is 17.9 Å². The highest BCUT2D eigenvalue weighted by atomic mass is 35.5. The number of anilines is 2. The van der Waals surface area contributed by atoms with Gasteiger partial charge in [0.1, 0.15) is 4.21 Å². The molecule has 1 fully saturated rings. The summed E-state index contributed by atoms with van der Waals surface area (Å²) in [5.41, 5.74) is 2.66. The molecule has 0 amide bonds. The number of pyridine rings is 1. The van der Waals surface area contributed by atoms with Crippen LogP contribution in [0.1, 0.15) is 18.9 Å². The Bertz CT molecular complexity index is 1550. The van der Waals surface area contributed by atoms with Gasteiger partial charge in [-0.1, -0.05) is 11.6 Å². The Labute approximate surface area is 212 Å². The largest absolute Gasteiger partial charge is 0.466 e. The molecule has 1 aliphatic heterocycles. The molecule has 10 heteroatoms. The highest BCUT2D eigenvalue weighted by Gasteiger charge is 2.31. The third-order valence-electron chi connectivity index (χ3n) is 6.24. The van der Waals surface area contributed by atoms with E-state index >= 15 is 0 Å². The average molecular weight is 530 g/mol. The van der Waals surface area contributed by atoms with Gasteiger partial charge in [0.15, 0.2) is 0 Å². The van der Waals surface area contributed by atoms with Gasteiger partial charge in [0.2, 0.25) is 0 Å². The summed E-state index contributed by atoms with van der Waals surface area (Å²) in [7, 11) is -3.85. The fraction of sp³-hybridized carbons (Fsp3) is 0.280. The molecule has 35 heavy (non-hydrogen) atoms. The first kappa shape index (κ1) is 23.8. The predicted molar refractivity (Wildman–Crippen MR) is 141 cm³/mol. The van der Waals surface area contributed by atoms with Gasteiger partial charge in [-0.15, -0.1) is 11.3 Å². The lowest BCUT2D eigenvalue weighted by atomic mass is 10.1. The molecule has 0 radical (unpaired) electrons. The normalized spacial score (nSPS) is 16.2. The molecule has 1 saturated heterocycles. The minimum atomic E-state index is -3.85. The molecule has 2 aromatic carbocycles. The SMILES string of the molecule is CCOC(=O)[C@@H]1CCN(c2ccc(NS(=O)(=O)c3sc4ccc(Cl)cc4c3C)c3cccnc23)C1. The van der Waals surface area contributed by atoms with Gasteiger partial charge < -0.3 is 9.64 Å². The number of carbonyl (C=O) groups is 1. The van der Waals surface area contributed by atoms with Gasteiger partial charge in [-0.05, 0) is 73.7 Å². The van der Waals surface area contributed by atoms with E-state index in [0.29, 0.717) is 53.3 Å². The lowest BCUT2D eigenvalue weighted by Crippen LogP contribution is -2.24. The van der Waals surface area contributed by atoms with Crippen LogP contribution < -0.4 is 9.62 Å². The molecule has 7 nitrogen and oxygen atoms in total. The number of hydrogen-bond donors (Lipinski definition) is 1. The van der Waals surface area contributed by atoms with Crippen LogP contribution in [0, 0.1) is 12.8 Å². The number of esters is 1. The number of fused-ring (bicyclic) bond motifs is 2. The van der Waals surface area contributed by atoms with E-state index in [1.165, 1.54) is 11.3 Å². The van der Waals surface area contributed by atoms with Crippen molar-refractivity contribution in [2.24, 2.45) is 5.92 Å². The molecule has 3 heterocycles. The summed E-state index contributed by atoms with van der Waals surface area (Å²) in [5.74, 6) is -0.368. The number of sulfonamides is 1. The minimum Gasteiger partial charge on any atom is -0.466 e. The molecule has 2 aromatic heterocycles. The average Bonchev–Trinajstić information content (AvgIpc) is 3.45. The van der Waals surface area contributed by atoms with Crippen molar-refractivity contribution in [2.45, 2.75) is 24.5 Å². The molecule has 0 aliphatic carbocycles. The summed E-state index contributed by atoms with van der Waals surface area (Å²) < 4.78 is 35.9. The number of hydrogen-bond acceptors (Lipinski definition) is 7. The number of ether oxygens (including phenoxy) is 1. The van der Waals surface area contributed by atoms with Crippen LogP contribution in [0.5, 0.6) is 0 Å². The summed E-state index contributed by atoms with van der Waals surface area (Å²) in [6.07, 6.45) is 2.39. The van der Waals surface area contributed by atoms with E-state index in [9.17, 15) is 13.2 Å². The predicted octanol–water partition coefficient (Wildman–Crippen LogP) is 5.60. The smallest absolute Gasteiger partial charge is 0.310 e. The second-order valence-corrected chi connectivity index (χ2v) is 11.8. The zero-order valence-corrected chi connectivity index (χ0v) is 21.6. The van der Waals surface area contributed by atoms with Gasteiger partial charge in [0, 0.05) is 34.4 Å². The van der Waals surface area contributed by atoms with E-state index < -0.39 is 10.0 Å². The Morgan fingerprint density at radius 2 is 2.09 bits per heavy atom. The number of carbonyl (C=O) groups excluding carboxylic acids is 1. The van der Waals surface area contributed by atoms with E-state index in [2.05, 4.69) is 14.6 Å². The maximum atomic E-state index is 13.4. The van der Waals surface area contributed by atoms with Gasteiger partial charge in [-0.25, -0.2) is 8.42 Å². The molecule has 182 valence electrons. The van der Waals surface area contributed by atoms with Crippen LogP contribution in [0.4, 0.5) is 11.4 Å². The highest BCUT2D eigenvalue weighted by molar-refractivity contribution is 7.95. The summed E-state index contributed by atoms with van der Waals surface area (Å²) in [6, 6.07) is 12.6. The van der Waals surface area contributed by atoms with Crippen molar-refractivity contribution in [1.29, 1.82) is 0 Å². The van der Waals surface area contributed by atoms with Crippen LogP contribution in [0.2, 0.25) is 5.02 Å². The number of aryl methyl sites for hydroxylation is 1. The van der Waals surface area contributed by atoms with E-state index in [1.54, 1.807) is 44.3 Å². The van der Waals surface area contributed by atoms with Crippen molar-refractivity contribution in [3.63, 3.8) is 0 Å². The van der Waals surface area contributed by atoms with Crippen LogP contribution in [-0.4, -0.2) is 39.1 Å². The summed E-state index contributed by atoms with van der Waals surface area (Å²) >= 11 is 7.34. The van der Waals surface area contributed by atoms with Gasteiger partial charge in [-0.2, -0.15) is 0 Å². The van der Waals surface area contributed by atoms with E-state index in [1.807, 2.05) is 18.2 Å². The fourth-order valence-corrected chi connectivity index (χ4v) is 7.55. The molecule has 0 saturated carbocycles. The number of nitrogens with one attached hydrogen (secondary N) is 1. The zero-order valence-electron chi connectivity index (χ0n) is 19.2. The molecular weight excluding hydrogens is 506 g/mol. The molecule has 0 bridgehead atoms. The minimum absolute atomic E-state index is 0.184. The summed E-state index contributed by atoms with van der Waals surface area (Å²) in [5, 5.41) is 2.08. The van der Waals surface area contributed by atoms with Gasteiger partial charge in [-0.3, -0.25) is 14.5 Å². The van der Waals surface area contributed by atoms with Crippen LogP contribution in [0.15, 0.2) is 52.9 Å². The first-order valence-electron chi connectivity index (χ1n) is 11.3. The van der Waals surface area contributed by atoms with E-state index in [0.717, 1.165) is 15.8 Å². The maximum Gasteiger partial charge on any atom is 0.310 e. The maximum absolute atomic E-state index is 13.4. The number of thiophene rings is 1. The van der Waals surface area contributed by atoms with Crippen molar-refractivity contribution in [1.82, 2.24) is 4.98 Å². The van der Waals surface area contributed by atoms with E-state index in [4.69, 9.17) is 16.3 Å². The molecule has 4 aromatic rings. The Hall–Kier alpha value is -2.88. The Kier molecular flexibility index (Phi) is 6.33. The molecular formula is C25H24ClN3O4S2. The van der Waals surface area contributed by atoms with Crippen LogP contribution >= 0.6 is 22.9 Å². The zero-order chi connectivity index (χ0) is 24.7. The molecule has 0 unspecified atom stereocenters. The first-order chi connectivity index (χ1) is 16.8. The van der Waals surface area contributed by atoms with Crippen LogP contribution in [-0.2, 0) is 19.6 Å². The number of rotatable bonds is 6. The van der Waals surface area contributed by atoms with Gasteiger partial charge in [0.05, 0.1) is 29.4 Å². The Morgan fingerprint density at radius 3 is 2.89 bits per heavy atom. The number of aromatic nitrogens is 1. The topological polar surface area (TPSA) is 88.6 Å². The molecule has 1 N–H and O–H groups in total. The number of halogens is 1. The summed E-state index contributed by atoms with van der Waals surface area (Å²) in [6.45, 7) is 5.20. The molecule has 1 atom stereocenters. The standard InChI is InChI=1S/C25H24ClN3O4S2/c1-3-33-24(30)16-10-12-29(14-16)21-8-7-20(18-5-4-11-27-23(18)21)28-35(31,32)25-15(2)19-13-17(26)6-9-22(19)34-25/h4-9,11,13,16,28H,3,10,12,14H2,1-2H3/t16-/m1/s1. The lowest BCUT2D eigenvalue weighted by Gasteiger charge is -2.21. The third kappa shape index (κ3) is 4.44. The van der Waals surface area contributed by atoms with Crippen molar-refractivity contribution >= 4 is 71.3 Å².